The second-order valence-corrected chi connectivity index (χ2v) is 6.04. The van der Waals surface area contributed by atoms with Crippen LogP contribution in [0, 0.1) is 22.6 Å². The van der Waals surface area contributed by atoms with Gasteiger partial charge in [-0.15, -0.1) is 0 Å². The van der Waals surface area contributed by atoms with Gasteiger partial charge in [0.25, 0.3) is 0 Å². The molecular formula is C16H19ClFNO. The predicted molar refractivity (Wildman–Crippen MR) is 76.7 cm³/mol. The molecule has 0 bridgehead atoms. The van der Waals surface area contributed by atoms with Crippen LogP contribution in [0.15, 0.2) is 18.2 Å². The number of halogens is 2. The van der Waals surface area contributed by atoms with E-state index in [1.165, 1.54) is 18.6 Å². The molecule has 1 unspecified atom stereocenters. The predicted octanol–water partition coefficient (Wildman–Crippen LogP) is 4.77. The number of hydrogen-bond donors (Lipinski definition) is 1. The van der Waals surface area contributed by atoms with Crippen molar-refractivity contribution in [2.75, 3.05) is 0 Å². The largest absolute Gasteiger partial charge is 0.387 e. The summed E-state index contributed by atoms with van der Waals surface area (Å²) in [7, 11) is 0. The van der Waals surface area contributed by atoms with Crippen molar-refractivity contribution in [1.82, 2.24) is 0 Å². The minimum Gasteiger partial charge on any atom is -0.387 e. The van der Waals surface area contributed by atoms with Crippen LogP contribution in [0.2, 0.25) is 5.02 Å². The van der Waals surface area contributed by atoms with E-state index in [1.54, 1.807) is 6.07 Å². The zero-order valence-electron chi connectivity index (χ0n) is 11.4. The fourth-order valence-corrected chi connectivity index (χ4v) is 3.16. The van der Waals surface area contributed by atoms with E-state index < -0.39 is 17.3 Å². The van der Waals surface area contributed by atoms with Crippen LogP contribution in [-0.2, 0) is 0 Å². The lowest BCUT2D eigenvalue weighted by molar-refractivity contribution is 0.0407. The van der Waals surface area contributed by atoms with Crippen LogP contribution >= 0.6 is 11.6 Å². The van der Waals surface area contributed by atoms with Crippen molar-refractivity contribution in [3.8, 4) is 6.07 Å². The summed E-state index contributed by atoms with van der Waals surface area (Å²) < 4.78 is 14.0. The van der Waals surface area contributed by atoms with Crippen molar-refractivity contribution in [3.05, 3.63) is 34.6 Å². The average Bonchev–Trinajstić information content (AvgIpc) is 2.38. The second-order valence-electron chi connectivity index (χ2n) is 5.60. The lowest BCUT2D eigenvalue weighted by Crippen LogP contribution is -2.29. The van der Waals surface area contributed by atoms with Crippen LogP contribution in [0.25, 0.3) is 0 Å². The number of nitrogens with zero attached hydrogens (tertiary/aromatic N) is 1. The summed E-state index contributed by atoms with van der Waals surface area (Å²) in [6.45, 7) is 0. The highest BCUT2D eigenvalue weighted by Gasteiger charge is 2.40. The fraction of sp³-hybridized carbons (Fsp3) is 0.562. The molecule has 2 rings (SSSR count). The highest BCUT2D eigenvalue weighted by Crippen LogP contribution is 2.44. The fourth-order valence-electron chi connectivity index (χ4n) is 3.00. The minimum absolute atomic E-state index is 0.177. The number of aliphatic hydroxyl groups is 1. The molecule has 20 heavy (non-hydrogen) atoms. The molecule has 1 atom stereocenters. The van der Waals surface area contributed by atoms with E-state index in [0.29, 0.717) is 17.9 Å². The third-order valence-corrected chi connectivity index (χ3v) is 4.48. The lowest BCUT2D eigenvalue weighted by atomic mass is 9.71. The van der Waals surface area contributed by atoms with Crippen LogP contribution in [0.3, 0.4) is 0 Å². The number of aliphatic hydroxyl groups excluding tert-OH is 1. The lowest BCUT2D eigenvalue weighted by Gasteiger charge is -2.33. The van der Waals surface area contributed by atoms with Gasteiger partial charge in [-0.1, -0.05) is 49.8 Å². The van der Waals surface area contributed by atoms with Crippen LogP contribution < -0.4 is 0 Å². The molecule has 2 nitrogen and oxygen atoms in total. The van der Waals surface area contributed by atoms with E-state index >= 15 is 0 Å². The monoisotopic (exact) mass is 295 g/mol. The smallest absolute Gasteiger partial charge is 0.130 e. The maximum atomic E-state index is 14.0. The normalized spacial score (nSPS) is 20.5. The van der Waals surface area contributed by atoms with Crippen molar-refractivity contribution in [3.63, 3.8) is 0 Å². The van der Waals surface area contributed by atoms with Gasteiger partial charge in [0.2, 0.25) is 0 Å². The Hall–Kier alpha value is -1.11. The second kappa shape index (κ2) is 6.56. The Morgan fingerprint density at radius 3 is 2.35 bits per heavy atom. The Labute approximate surface area is 124 Å². The summed E-state index contributed by atoms with van der Waals surface area (Å²) in [5, 5.41) is 20.4. The van der Waals surface area contributed by atoms with Crippen LogP contribution in [0.1, 0.15) is 56.6 Å². The number of nitriles is 1. The third kappa shape index (κ3) is 3.13. The molecule has 108 valence electrons. The standard InChI is InChI=1S/C16H19ClFNO/c17-12-6-7-13(14(18)10-12)15(20)16(11-19)8-4-2-1-3-5-9-16/h6-7,10,15,20H,1-5,8-9H2. The molecule has 1 aromatic rings. The molecule has 1 aromatic carbocycles. The molecule has 1 aliphatic rings. The first-order valence-electron chi connectivity index (χ1n) is 7.13. The van der Waals surface area contributed by atoms with Gasteiger partial charge in [0, 0.05) is 10.6 Å². The Morgan fingerprint density at radius 1 is 1.20 bits per heavy atom. The van der Waals surface area contributed by atoms with E-state index in [4.69, 9.17) is 11.6 Å². The summed E-state index contributed by atoms with van der Waals surface area (Å²) in [4.78, 5) is 0. The summed E-state index contributed by atoms with van der Waals surface area (Å²) in [6, 6.07) is 6.50. The van der Waals surface area contributed by atoms with Gasteiger partial charge in [0.05, 0.1) is 11.5 Å². The molecule has 0 spiro atoms. The van der Waals surface area contributed by atoms with Gasteiger partial charge in [-0.2, -0.15) is 5.26 Å². The highest BCUT2D eigenvalue weighted by molar-refractivity contribution is 6.30. The summed E-state index contributed by atoms with van der Waals surface area (Å²) >= 11 is 5.74. The van der Waals surface area contributed by atoms with Crippen LogP contribution in [0.4, 0.5) is 4.39 Å². The summed E-state index contributed by atoms with van der Waals surface area (Å²) in [5.74, 6) is -0.540. The average molecular weight is 296 g/mol. The zero-order valence-corrected chi connectivity index (χ0v) is 12.2. The molecule has 0 amide bonds. The minimum atomic E-state index is -1.09. The van der Waals surface area contributed by atoms with E-state index in [1.807, 2.05) is 0 Å². The molecule has 1 N–H and O–H groups in total. The van der Waals surface area contributed by atoms with Crippen molar-refractivity contribution < 1.29 is 9.50 Å². The first-order chi connectivity index (χ1) is 9.59. The van der Waals surface area contributed by atoms with Gasteiger partial charge < -0.3 is 5.11 Å². The van der Waals surface area contributed by atoms with E-state index in [9.17, 15) is 14.8 Å². The first kappa shape index (κ1) is 15.3. The van der Waals surface area contributed by atoms with Gasteiger partial charge in [0.15, 0.2) is 0 Å². The molecule has 0 aromatic heterocycles. The Morgan fingerprint density at radius 2 is 1.80 bits per heavy atom. The Balaban J connectivity index is 2.31. The number of hydrogen-bond acceptors (Lipinski definition) is 2. The summed E-state index contributed by atoms with van der Waals surface area (Å²) in [5.41, 5.74) is -0.703. The van der Waals surface area contributed by atoms with Crippen molar-refractivity contribution >= 4 is 11.6 Å². The maximum absolute atomic E-state index is 14.0. The van der Waals surface area contributed by atoms with Crippen LogP contribution in [0.5, 0.6) is 0 Å². The molecule has 0 saturated heterocycles. The third-order valence-electron chi connectivity index (χ3n) is 4.25. The topological polar surface area (TPSA) is 44.0 Å². The van der Waals surface area contributed by atoms with Gasteiger partial charge in [-0.05, 0) is 25.0 Å². The van der Waals surface area contributed by atoms with Gasteiger partial charge in [-0.3, -0.25) is 0 Å². The van der Waals surface area contributed by atoms with Crippen molar-refractivity contribution in [2.45, 2.75) is 51.0 Å². The van der Waals surface area contributed by atoms with Gasteiger partial charge in [0.1, 0.15) is 11.9 Å². The van der Waals surface area contributed by atoms with Crippen molar-refractivity contribution in [2.24, 2.45) is 5.41 Å². The Bertz CT molecular complexity index is 504. The molecule has 1 aliphatic carbocycles. The van der Waals surface area contributed by atoms with Gasteiger partial charge in [-0.25, -0.2) is 4.39 Å². The molecule has 0 heterocycles. The quantitative estimate of drug-likeness (QED) is 0.854. The molecule has 0 radical (unpaired) electrons. The number of benzene rings is 1. The maximum Gasteiger partial charge on any atom is 0.130 e. The molecule has 0 aliphatic heterocycles. The van der Waals surface area contributed by atoms with E-state index in [2.05, 4.69) is 6.07 Å². The highest BCUT2D eigenvalue weighted by atomic mass is 35.5. The molecule has 1 saturated carbocycles. The van der Waals surface area contributed by atoms with Crippen molar-refractivity contribution in [1.29, 1.82) is 5.26 Å². The SMILES string of the molecule is N#CC1(C(O)c2ccc(Cl)cc2F)CCCCCCC1. The molecular weight excluding hydrogens is 277 g/mol. The molecule has 4 heteroatoms. The first-order valence-corrected chi connectivity index (χ1v) is 7.51. The molecule has 1 fully saturated rings. The number of rotatable bonds is 2. The zero-order chi connectivity index (χ0) is 14.6. The van der Waals surface area contributed by atoms with E-state index in [0.717, 1.165) is 25.7 Å². The van der Waals surface area contributed by atoms with Gasteiger partial charge >= 0.3 is 0 Å². The summed E-state index contributed by atoms with van der Waals surface area (Å²) in [6.07, 6.45) is 5.26. The van der Waals surface area contributed by atoms with Crippen LogP contribution in [-0.4, -0.2) is 5.11 Å². The van der Waals surface area contributed by atoms with E-state index in [-0.39, 0.29) is 5.56 Å². The Kier molecular flexibility index (Phi) is 5.01.